The molecule has 0 radical (unpaired) electrons. The number of aromatic nitrogens is 3. The molecular weight excluding hydrogens is 521 g/mol. The lowest BCUT2D eigenvalue weighted by atomic mass is 9.98. The minimum atomic E-state index is -0.650. The highest BCUT2D eigenvalue weighted by molar-refractivity contribution is 6.06. The van der Waals surface area contributed by atoms with Crippen molar-refractivity contribution in [3.8, 4) is 11.3 Å². The fourth-order valence-electron chi connectivity index (χ4n) is 6.83. The van der Waals surface area contributed by atoms with Crippen LogP contribution < -0.4 is 15.5 Å². The Kier molecular flexibility index (Phi) is 5.93. The van der Waals surface area contributed by atoms with E-state index in [0.29, 0.717) is 47.7 Å². The summed E-state index contributed by atoms with van der Waals surface area (Å²) in [6.07, 6.45) is 7.46. The quantitative estimate of drug-likeness (QED) is 0.381. The number of carbonyl (C=O) groups excluding carboxylic acids is 1. The van der Waals surface area contributed by atoms with Crippen molar-refractivity contribution in [1.29, 1.82) is 0 Å². The van der Waals surface area contributed by atoms with Crippen LogP contribution in [0.25, 0.3) is 11.3 Å². The van der Waals surface area contributed by atoms with Crippen LogP contribution in [0.3, 0.4) is 0 Å². The molecular formula is C31H34FN7O2. The highest BCUT2D eigenvalue weighted by Crippen LogP contribution is 2.47. The molecule has 4 heterocycles. The van der Waals surface area contributed by atoms with Crippen molar-refractivity contribution in [3.63, 3.8) is 0 Å². The molecule has 0 spiro atoms. The predicted octanol–water partition coefficient (Wildman–Crippen LogP) is 5.00. The number of amides is 1. The second kappa shape index (κ2) is 9.44. The van der Waals surface area contributed by atoms with Crippen LogP contribution in [0, 0.1) is 11.9 Å². The van der Waals surface area contributed by atoms with Crippen molar-refractivity contribution < 1.29 is 14.3 Å². The number of benzene rings is 1. The van der Waals surface area contributed by atoms with E-state index in [1.807, 2.05) is 49.0 Å². The van der Waals surface area contributed by atoms with Crippen LogP contribution in [0.2, 0.25) is 0 Å². The lowest BCUT2D eigenvalue weighted by molar-refractivity contribution is 0.0516. The fourth-order valence-corrected chi connectivity index (χ4v) is 6.83. The zero-order chi connectivity index (χ0) is 28.5. The Morgan fingerprint density at radius 3 is 2.73 bits per heavy atom. The molecule has 2 aliphatic carbocycles. The predicted molar refractivity (Wildman–Crippen MR) is 155 cm³/mol. The van der Waals surface area contributed by atoms with Crippen LogP contribution in [0.15, 0.2) is 66.1 Å². The molecule has 4 atom stereocenters. The molecule has 0 bridgehead atoms. The third-order valence-electron chi connectivity index (χ3n) is 9.14. The van der Waals surface area contributed by atoms with Crippen LogP contribution in [-0.2, 0) is 6.54 Å². The Balaban J connectivity index is 1.30. The van der Waals surface area contributed by atoms with E-state index in [9.17, 15) is 14.3 Å². The van der Waals surface area contributed by atoms with Gasteiger partial charge in [0, 0.05) is 36.3 Å². The van der Waals surface area contributed by atoms with Gasteiger partial charge in [-0.15, -0.1) is 0 Å². The largest absolute Gasteiger partial charge is 0.512 e. The fraction of sp³-hybridized carbons (Fsp3) is 0.387. The van der Waals surface area contributed by atoms with Gasteiger partial charge in [0.05, 0.1) is 18.0 Å². The van der Waals surface area contributed by atoms with E-state index in [1.54, 1.807) is 23.1 Å². The van der Waals surface area contributed by atoms with Gasteiger partial charge in [-0.05, 0) is 62.5 Å². The summed E-state index contributed by atoms with van der Waals surface area (Å²) < 4.78 is 15.6. The lowest BCUT2D eigenvalue weighted by Crippen LogP contribution is -2.66. The van der Waals surface area contributed by atoms with E-state index in [2.05, 4.69) is 27.4 Å². The first-order valence-corrected chi connectivity index (χ1v) is 14.3. The summed E-state index contributed by atoms with van der Waals surface area (Å²) in [6, 6.07) is 13.2. The smallest absolute Gasteiger partial charge is 0.264 e. The number of hydrogen-bond acceptors (Lipinski definition) is 7. The zero-order valence-corrected chi connectivity index (χ0v) is 23.4. The maximum absolute atomic E-state index is 14.0. The maximum Gasteiger partial charge on any atom is 0.264 e. The molecule has 2 aromatic heterocycles. The second-order valence-corrected chi connectivity index (χ2v) is 11.8. The minimum absolute atomic E-state index is 0.0256. The molecule has 4 aliphatic rings. The molecule has 1 saturated heterocycles. The number of aliphatic hydroxyl groups is 1. The van der Waals surface area contributed by atoms with Gasteiger partial charge in [0.15, 0.2) is 11.6 Å². The van der Waals surface area contributed by atoms with Crippen LogP contribution in [-0.4, -0.2) is 55.6 Å². The number of fused-ring (bicyclic) bond motifs is 5. The van der Waals surface area contributed by atoms with Crippen molar-refractivity contribution in [3.05, 3.63) is 83.1 Å². The van der Waals surface area contributed by atoms with E-state index in [-0.39, 0.29) is 17.9 Å². The number of rotatable bonds is 5. The van der Waals surface area contributed by atoms with Crippen molar-refractivity contribution in [2.75, 3.05) is 17.3 Å². The first-order valence-electron chi connectivity index (χ1n) is 14.3. The summed E-state index contributed by atoms with van der Waals surface area (Å²) in [5, 5.41) is 22.5. The Morgan fingerprint density at radius 2 is 1.98 bits per heavy atom. The molecule has 10 heteroatoms. The summed E-state index contributed by atoms with van der Waals surface area (Å²) in [6.45, 7) is 4.47. The SMILES string of the molecule is CC1CC(Nc2c3c(nn2Cc2ccc(-c4cccc(F)n4)cc2)N2[C@H]4CCC[C@H]4NC2(C)N(C)C3=O)=CC=C1O. The molecule has 2 unspecified atom stereocenters. The van der Waals surface area contributed by atoms with Crippen LogP contribution in [0.5, 0.6) is 0 Å². The van der Waals surface area contributed by atoms with Gasteiger partial charge in [0.1, 0.15) is 11.4 Å². The standard InChI is InChI=1S/C31H34FN7O2/c1-18-16-21(14-15-25(18)40)33-28-27-29(39-24-8-4-7-23(24)35-31(39,2)37(3)30(27)41)36-38(28)17-19-10-12-20(13-11-19)22-6-5-9-26(32)34-22/h5-6,9-15,18,23-24,33,35,40H,4,7-8,16-17H2,1-3H3/t18?,23-,24+,31?/m1/s1. The minimum Gasteiger partial charge on any atom is -0.512 e. The molecule has 3 aromatic rings. The van der Waals surface area contributed by atoms with E-state index in [0.717, 1.165) is 36.1 Å². The Bertz CT molecular complexity index is 1600. The number of anilines is 2. The average Bonchev–Trinajstić information content (AvgIpc) is 3.62. The van der Waals surface area contributed by atoms with Gasteiger partial charge in [0.2, 0.25) is 5.95 Å². The molecule has 1 saturated carbocycles. The Morgan fingerprint density at radius 1 is 1.17 bits per heavy atom. The molecule has 41 heavy (non-hydrogen) atoms. The number of pyridine rings is 1. The second-order valence-electron chi connectivity index (χ2n) is 11.8. The van der Waals surface area contributed by atoms with E-state index in [4.69, 9.17) is 5.10 Å². The number of aliphatic hydroxyl groups excluding tert-OH is 1. The number of hydrogen-bond donors (Lipinski definition) is 3. The molecule has 9 nitrogen and oxygen atoms in total. The molecule has 7 rings (SSSR count). The van der Waals surface area contributed by atoms with Gasteiger partial charge in [-0.3, -0.25) is 10.1 Å². The third kappa shape index (κ3) is 4.11. The van der Waals surface area contributed by atoms with Gasteiger partial charge in [-0.2, -0.15) is 9.49 Å². The van der Waals surface area contributed by atoms with Gasteiger partial charge in [0.25, 0.3) is 5.91 Å². The maximum atomic E-state index is 14.0. The number of halogens is 1. The van der Waals surface area contributed by atoms with E-state index >= 15 is 0 Å². The lowest BCUT2D eigenvalue weighted by Gasteiger charge is -2.47. The van der Waals surface area contributed by atoms with Gasteiger partial charge >= 0.3 is 0 Å². The van der Waals surface area contributed by atoms with Gasteiger partial charge < -0.3 is 20.2 Å². The summed E-state index contributed by atoms with van der Waals surface area (Å²) in [5.41, 5.74) is 3.85. The van der Waals surface area contributed by atoms with Crippen LogP contribution in [0.1, 0.15) is 55.5 Å². The first kappa shape index (κ1) is 25.8. The van der Waals surface area contributed by atoms with Gasteiger partial charge in [-0.25, -0.2) is 9.67 Å². The highest BCUT2D eigenvalue weighted by atomic mass is 19.1. The van der Waals surface area contributed by atoms with E-state index in [1.165, 1.54) is 6.07 Å². The topological polar surface area (TPSA) is 98.6 Å². The van der Waals surface area contributed by atoms with Crippen LogP contribution >= 0.6 is 0 Å². The number of nitrogens with zero attached hydrogens (tertiary/aromatic N) is 5. The monoisotopic (exact) mass is 555 g/mol. The summed E-state index contributed by atoms with van der Waals surface area (Å²) >= 11 is 0. The third-order valence-corrected chi connectivity index (χ3v) is 9.14. The Labute approximate surface area is 238 Å². The molecule has 2 fully saturated rings. The van der Waals surface area contributed by atoms with Gasteiger partial charge in [-0.1, -0.05) is 37.3 Å². The van der Waals surface area contributed by atoms with E-state index < -0.39 is 11.7 Å². The van der Waals surface area contributed by atoms with Crippen molar-refractivity contribution in [2.24, 2.45) is 5.92 Å². The number of nitrogens with one attached hydrogen (secondary N) is 2. The summed E-state index contributed by atoms with van der Waals surface area (Å²) in [4.78, 5) is 22.1. The molecule has 212 valence electrons. The average molecular weight is 556 g/mol. The zero-order valence-electron chi connectivity index (χ0n) is 23.4. The molecule has 1 amide bonds. The first-order chi connectivity index (χ1) is 19.7. The molecule has 3 N–H and O–H groups in total. The number of carbonyl (C=O) groups is 1. The van der Waals surface area contributed by atoms with Crippen LogP contribution in [0.4, 0.5) is 16.0 Å². The van der Waals surface area contributed by atoms with Crippen molar-refractivity contribution in [2.45, 2.75) is 63.9 Å². The van der Waals surface area contributed by atoms with Crippen molar-refractivity contribution >= 4 is 17.5 Å². The summed E-state index contributed by atoms with van der Waals surface area (Å²) in [7, 11) is 1.86. The summed E-state index contributed by atoms with van der Waals surface area (Å²) in [5.74, 6) is 0.413. The molecule has 2 aliphatic heterocycles. The normalized spacial score (nSPS) is 26.8. The van der Waals surface area contributed by atoms with Crippen molar-refractivity contribution in [1.82, 2.24) is 25.0 Å². The molecule has 1 aromatic carbocycles. The Hall–Kier alpha value is -4.18. The highest BCUT2D eigenvalue weighted by Gasteiger charge is 2.58. The number of allylic oxidation sites excluding steroid dienone is 4.